The van der Waals surface area contributed by atoms with Gasteiger partial charge in [-0.1, -0.05) is 166 Å². The zero-order valence-electron chi connectivity index (χ0n) is 43.7. The summed E-state index contributed by atoms with van der Waals surface area (Å²) in [6, 6.07) is 56.7. The molecule has 1 unspecified atom stereocenters. The summed E-state index contributed by atoms with van der Waals surface area (Å²) in [7, 11) is 1.50. The van der Waals surface area contributed by atoms with Crippen molar-refractivity contribution in [1.29, 1.82) is 0 Å². The van der Waals surface area contributed by atoms with Crippen LogP contribution in [0.4, 0.5) is 0 Å². The lowest BCUT2D eigenvalue weighted by Gasteiger charge is -2.22. The average molecular weight is 967 g/mol. The molecule has 4 N–H and O–H groups in total. The lowest BCUT2D eigenvalue weighted by Crippen LogP contribution is -2.16. The average Bonchev–Trinajstić information content (AvgIpc) is 4.00. The maximum atomic E-state index is 6.55. The fourth-order valence-electron chi connectivity index (χ4n) is 11.1. The van der Waals surface area contributed by atoms with E-state index < -0.39 is 0 Å². The van der Waals surface area contributed by atoms with Gasteiger partial charge in [-0.05, 0) is 194 Å². The van der Waals surface area contributed by atoms with E-state index in [0.717, 1.165) is 60.1 Å². The lowest BCUT2D eigenvalue weighted by molar-refractivity contribution is 0.577. The molecule has 0 fully saturated rings. The number of hydrogen-bond donors (Lipinski definition) is 2. The van der Waals surface area contributed by atoms with Crippen LogP contribution in [0.25, 0.3) is 99.5 Å². The summed E-state index contributed by atoms with van der Waals surface area (Å²) in [5.41, 5.74) is 30.3. The van der Waals surface area contributed by atoms with Crippen LogP contribution < -0.4 is 11.5 Å². The zero-order valence-corrected chi connectivity index (χ0v) is 43.7. The van der Waals surface area contributed by atoms with E-state index in [4.69, 9.17) is 12.2 Å². The van der Waals surface area contributed by atoms with Gasteiger partial charge in [-0.3, -0.25) is 0 Å². The Kier molecular flexibility index (Phi) is 16.7. The van der Waals surface area contributed by atoms with E-state index in [-0.39, 0.29) is 5.92 Å². The van der Waals surface area contributed by atoms with Crippen molar-refractivity contribution >= 4 is 60.5 Å². The normalized spacial score (nSPS) is 15.2. The van der Waals surface area contributed by atoms with Crippen molar-refractivity contribution in [3.8, 4) is 51.4 Å². The van der Waals surface area contributed by atoms with E-state index in [1.807, 2.05) is 6.08 Å². The predicted octanol–water partition coefficient (Wildman–Crippen LogP) is 18.1. The fraction of sp³-hybridized carbons (Fsp3) is 0.200. The molecule has 7 aromatic carbocycles. The SMILES string of the molecule is C#C/C=C\C(=C/C)n1c2ccc(-c3ccc4c(c3)c3cc(-c5ccccc5/C5=C/C=C\CCCCC5)ccc3n4-c3ccccc3)cc2c2cc(-c3ccccc3/C(=C/C=C\C)C(CN)CCCC)ccc21.CN. The van der Waals surface area contributed by atoms with Gasteiger partial charge in [0.1, 0.15) is 0 Å². The molecule has 0 radical (unpaired) electrons. The Bertz CT molecular complexity index is 3670. The maximum absolute atomic E-state index is 6.55. The van der Waals surface area contributed by atoms with E-state index in [0.29, 0.717) is 6.54 Å². The first kappa shape index (κ1) is 51.0. The van der Waals surface area contributed by atoms with E-state index in [2.05, 4.69) is 236 Å². The van der Waals surface area contributed by atoms with Crippen LogP contribution >= 0.6 is 0 Å². The third-order valence-electron chi connectivity index (χ3n) is 14.8. The molecule has 0 amide bonds. The number of nitrogens with zero attached hydrogens (tertiary/aromatic N) is 2. The third kappa shape index (κ3) is 10.3. The molecule has 10 rings (SSSR count). The van der Waals surface area contributed by atoms with Crippen LogP contribution in [0.1, 0.15) is 83.3 Å². The van der Waals surface area contributed by atoms with Crippen LogP contribution in [-0.4, -0.2) is 22.7 Å². The molecule has 370 valence electrons. The van der Waals surface area contributed by atoms with Gasteiger partial charge in [0.2, 0.25) is 0 Å². The molecule has 0 saturated heterocycles. The minimum absolute atomic E-state index is 0.257. The first-order valence-corrected chi connectivity index (χ1v) is 26.7. The van der Waals surface area contributed by atoms with Gasteiger partial charge < -0.3 is 20.6 Å². The summed E-state index contributed by atoms with van der Waals surface area (Å²) in [5, 5.41) is 4.83. The molecule has 0 aliphatic heterocycles. The van der Waals surface area contributed by atoms with Crippen LogP contribution in [0.5, 0.6) is 0 Å². The van der Waals surface area contributed by atoms with Gasteiger partial charge in [0.15, 0.2) is 0 Å². The summed E-state index contributed by atoms with van der Waals surface area (Å²) in [5.74, 6) is 2.98. The summed E-state index contributed by atoms with van der Waals surface area (Å²) < 4.78 is 4.78. The van der Waals surface area contributed by atoms with Gasteiger partial charge in [-0.15, -0.1) is 6.42 Å². The van der Waals surface area contributed by atoms with Crippen molar-refractivity contribution in [2.75, 3.05) is 13.6 Å². The van der Waals surface area contributed by atoms with Crippen LogP contribution in [0, 0.1) is 18.3 Å². The van der Waals surface area contributed by atoms with Crippen LogP contribution in [0.3, 0.4) is 0 Å². The first-order chi connectivity index (χ1) is 36.5. The predicted molar refractivity (Wildman–Crippen MR) is 323 cm³/mol. The molecule has 2 aromatic heterocycles. The van der Waals surface area contributed by atoms with E-state index in [1.165, 1.54) is 109 Å². The van der Waals surface area contributed by atoms with E-state index in [9.17, 15) is 0 Å². The van der Waals surface area contributed by atoms with Crippen LogP contribution in [0.15, 0.2) is 206 Å². The van der Waals surface area contributed by atoms with Crippen molar-refractivity contribution in [1.82, 2.24) is 9.13 Å². The Morgan fingerprint density at radius 3 is 1.88 bits per heavy atom. The van der Waals surface area contributed by atoms with Gasteiger partial charge in [0, 0.05) is 32.9 Å². The van der Waals surface area contributed by atoms with Gasteiger partial charge in [0.05, 0.1) is 22.1 Å². The molecular weight excluding hydrogens is 897 g/mol. The highest BCUT2D eigenvalue weighted by Gasteiger charge is 2.21. The summed E-state index contributed by atoms with van der Waals surface area (Å²) in [4.78, 5) is 0. The molecule has 1 atom stereocenters. The Morgan fingerprint density at radius 1 is 0.662 bits per heavy atom. The number of unbranched alkanes of at least 4 members (excludes halogenated alkanes) is 1. The Labute approximate surface area is 439 Å². The number of rotatable bonds is 14. The van der Waals surface area contributed by atoms with Gasteiger partial charge >= 0.3 is 0 Å². The highest BCUT2D eigenvalue weighted by Crippen LogP contribution is 2.43. The molecule has 1 aliphatic carbocycles. The molecule has 0 spiro atoms. The molecule has 4 heteroatoms. The number of aromatic nitrogens is 2. The smallest absolute Gasteiger partial charge is 0.0541 e. The zero-order chi connectivity index (χ0) is 51.4. The Balaban J connectivity index is 0.00000332. The number of benzene rings is 7. The van der Waals surface area contributed by atoms with Crippen molar-refractivity contribution in [3.05, 3.63) is 217 Å². The fourth-order valence-corrected chi connectivity index (χ4v) is 11.1. The largest absolute Gasteiger partial charge is 0.333 e. The number of fused-ring (bicyclic) bond motifs is 6. The van der Waals surface area contributed by atoms with Crippen LogP contribution in [-0.2, 0) is 0 Å². The number of nitrogens with two attached hydrogens (primary N) is 2. The lowest BCUT2D eigenvalue weighted by atomic mass is 9.84. The molecule has 9 aromatic rings. The second kappa shape index (κ2) is 24.2. The monoisotopic (exact) mass is 967 g/mol. The maximum Gasteiger partial charge on any atom is 0.0541 e. The van der Waals surface area contributed by atoms with Gasteiger partial charge in [-0.2, -0.15) is 0 Å². The molecule has 0 saturated carbocycles. The molecule has 2 heterocycles. The Hall–Kier alpha value is -7.94. The minimum Gasteiger partial charge on any atom is -0.333 e. The van der Waals surface area contributed by atoms with E-state index >= 15 is 0 Å². The number of allylic oxidation sites excluding steroid dienone is 11. The summed E-state index contributed by atoms with van der Waals surface area (Å²) >= 11 is 0. The quantitative estimate of drug-likeness (QED) is 0.0842. The second-order valence-electron chi connectivity index (χ2n) is 19.2. The van der Waals surface area contributed by atoms with E-state index in [1.54, 1.807) is 6.08 Å². The standard InChI is InChI=1S/C69H65N3.CH5N/c1-5-9-25-54(48-70)60(31-11-7-3)61-35-24-23-34-59(61)53-39-42-67-64(47-53)62-44-50(36-40-66(62)71(67)55(8-4)28-10-6-2)51-37-41-68-63(45-51)65-46-52(38-43-69(65)72(68)56-29-19-16-20-30-56)58-33-22-21-32-57(58)49-26-17-14-12-13-15-18-27-49;1-2/h2,7-8,10-11,14,16-17,19-24,26,28-47,54H,5,9,12-13,15,18,25,27,48,70H2,1,3-4H3;2H2,1H3/b11-7-,17-14-,28-10-,49-26+,55-8+,60-31+;. The van der Waals surface area contributed by atoms with Gasteiger partial charge in [0.25, 0.3) is 0 Å². The highest BCUT2D eigenvalue weighted by atomic mass is 15.0. The summed E-state index contributed by atoms with van der Waals surface area (Å²) in [6.45, 7) is 7.02. The van der Waals surface area contributed by atoms with Crippen molar-refractivity contribution < 1.29 is 0 Å². The highest BCUT2D eigenvalue weighted by molar-refractivity contribution is 6.14. The molecule has 1 aliphatic rings. The van der Waals surface area contributed by atoms with Crippen molar-refractivity contribution in [2.45, 2.75) is 72.1 Å². The third-order valence-corrected chi connectivity index (χ3v) is 14.8. The number of hydrogen-bond acceptors (Lipinski definition) is 2. The summed E-state index contributed by atoms with van der Waals surface area (Å²) in [6.07, 6.45) is 34.6. The Morgan fingerprint density at radius 2 is 1.24 bits per heavy atom. The first-order valence-electron chi connectivity index (χ1n) is 26.7. The molecule has 74 heavy (non-hydrogen) atoms. The molecular formula is C70H70N4. The number of para-hydroxylation sites is 1. The van der Waals surface area contributed by atoms with Gasteiger partial charge in [-0.25, -0.2) is 0 Å². The molecule has 4 nitrogen and oxygen atoms in total. The van der Waals surface area contributed by atoms with Crippen molar-refractivity contribution in [3.63, 3.8) is 0 Å². The second-order valence-corrected chi connectivity index (χ2v) is 19.2. The minimum atomic E-state index is 0.257. The number of terminal acetylenes is 1. The van der Waals surface area contributed by atoms with Crippen molar-refractivity contribution in [2.24, 2.45) is 17.4 Å². The van der Waals surface area contributed by atoms with Crippen LogP contribution in [0.2, 0.25) is 0 Å². The topological polar surface area (TPSA) is 61.9 Å². The molecule has 0 bridgehead atoms.